The fraction of sp³-hybridized carbons (Fsp3) is 0.158. The largest absolute Gasteiger partial charge is 0.475 e. The molecule has 0 aliphatic rings. The number of nitriles is 1. The molecule has 0 unspecified atom stereocenters. The summed E-state index contributed by atoms with van der Waals surface area (Å²) in [6.07, 6.45) is 5.37. The molecule has 1 N–H and O–H groups in total. The number of rotatable bonds is 4. The lowest BCUT2D eigenvalue weighted by atomic mass is 10.0. The van der Waals surface area contributed by atoms with Crippen LogP contribution < -0.4 is 4.74 Å². The van der Waals surface area contributed by atoms with Gasteiger partial charge in [0.15, 0.2) is 0 Å². The first-order valence-electron chi connectivity index (χ1n) is 7.59. The number of hydrogen-bond acceptors (Lipinski definition) is 3. The molecule has 1 aromatic carbocycles. The second-order valence-electron chi connectivity index (χ2n) is 5.63. The predicted molar refractivity (Wildman–Crippen MR) is 99.5 cm³/mol. The lowest BCUT2D eigenvalue weighted by Crippen LogP contribution is -2.07. The molecule has 2 heterocycles. The van der Waals surface area contributed by atoms with Crippen LogP contribution in [0.25, 0.3) is 22.6 Å². The number of H-pyrrole nitrogens is 1. The molecule has 0 saturated heterocycles. The monoisotopic (exact) mass is 381 g/mol. The molecule has 0 aliphatic carbocycles. The van der Waals surface area contributed by atoms with Crippen molar-refractivity contribution in [1.82, 2.24) is 9.97 Å². The first kappa shape index (κ1) is 16.3. The second kappa shape index (κ2) is 6.90. The van der Waals surface area contributed by atoms with E-state index in [1.807, 2.05) is 56.5 Å². The zero-order valence-electron chi connectivity index (χ0n) is 13.4. The smallest absolute Gasteiger partial charge is 0.220 e. The molecule has 3 aromatic rings. The highest BCUT2D eigenvalue weighted by atomic mass is 79.9. The fourth-order valence-electron chi connectivity index (χ4n) is 2.48. The third-order valence-corrected chi connectivity index (χ3v) is 4.00. The van der Waals surface area contributed by atoms with Crippen molar-refractivity contribution in [3.8, 4) is 11.9 Å². The van der Waals surface area contributed by atoms with E-state index in [0.29, 0.717) is 11.5 Å². The number of aromatic nitrogens is 2. The summed E-state index contributed by atoms with van der Waals surface area (Å²) in [5.74, 6) is 0.529. The molecule has 5 heteroatoms. The minimum absolute atomic E-state index is 0.0154. The summed E-state index contributed by atoms with van der Waals surface area (Å²) in [5, 5.41) is 10.6. The summed E-state index contributed by atoms with van der Waals surface area (Å²) in [5.41, 5.74) is 3.18. The summed E-state index contributed by atoms with van der Waals surface area (Å²) < 4.78 is 6.70. The van der Waals surface area contributed by atoms with Crippen LogP contribution in [0.3, 0.4) is 0 Å². The van der Waals surface area contributed by atoms with Gasteiger partial charge in [0.05, 0.1) is 17.7 Å². The quantitative estimate of drug-likeness (QED) is 0.633. The normalized spacial score (nSPS) is 11.7. The minimum Gasteiger partial charge on any atom is -0.475 e. The van der Waals surface area contributed by atoms with Crippen LogP contribution in [0.4, 0.5) is 0 Å². The molecule has 24 heavy (non-hydrogen) atoms. The standard InChI is InChI=1S/C19H16BrN3O/c1-12(2)24-19-13(4-3-7-22-19)8-14(10-21)17-11-23-18-6-5-15(20)9-16(17)18/h3-9,11-12,23H,1-2H3. The number of benzene rings is 1. The lowest BCUT2D eigenvalue weighted by Gasteiger charge is -2.11. The van der Waals surface area contributed by atoms with E-state index in [0.717, 1.165) is 26.5 Å². The molecule has 0 aliphatic heterocycles. The molecule has 120 valence electrons. The van der Waals surface area contributed by atoms with Crippen molar-refractivity contribution < 1.29 is 4.74 Å². The maximum absolute atomic E-state index is 9.66. The predicted octanol–water partition coefficient (Wildman–Crippen LogP) is 5.18. The van der Waals surface area contributed by atoms with Crippen LogP contribution in [-0.4, -0.2) is 16.1 Å². The van der Waals surface area contributed by atoms with Gasteiger partial charge in [0.25, 0.3) is 0 Å². The third kappa shape index (κ3) is 3.34. The highest BCUT2D eigenvalue weighted by molar-refractivity contribution is 9.10. The average Bonchev–Trinajstić information content (AvgIpc) is 2.96. The van der Waals surface area contributed by atoms with Gasteiger partial charge in [-0.25, -0.2) is 4.98 Å². The Labute approximate surface area is 148 Å². The van der Waals surface area contributed by atoms with Gasteiger partial charge in [-0.05, 0) is 50.3 Å². The Morgan fingerprint density at radius 3 is 2.96 bits per heavy atom. The maximum atomic E-state index is 9.66. The molecule has 0 bridgehead atoms. The molecule has 0 saturated carbocycles. The maximum Gasteiger partial charge on any atom is 0.220 e. The summed E-state index contributed by atoms with van der Waals surface area (Å²) in [4.78, 5) is 7.48. The van der Waals surface area contributed by atoms with Gasteiger partial charge in [0.1, 0.15) is 0 Å². The molecular formula is C19H16BrN3O. The van der Waals surface area contributed by atoms with Crippen molar-refractivity contribution in [2.45, 2.75) is 20.0 Å². The number of halogens is 1. The number of allylic oxidation sites excluding steroid dienone is 1. The zero-order valence-corrected chi connectivity index (χ0v) is 15.0. The summed E-state index contributed by atoms with van der Waals surface area (Å²) in [7, 11) is 0. The van der Waals surface area contributed by atoms with Crippen molar-refractivity contribution >= 4 is 38.5 Å². The number of nitrogens with zero attached hydrogens (tertiary/aromatic N) is 2. The van der Waals surface area contributed by atoms with Crippen LogP contribution in [0, 0.1) is 11.3 Å². The number of fused-ring (bicyclic) bond motifs is 1. The molecule has 3 rings (SSSR count). The molecule has 0 atom stereocenters. The fourth-order valence-corrected chi connectivity index (χ4v) is 2.84. The van der Waals surface area contributed by atoms with E-state index in [9.17, 15) is 5.26 Å². The van der Waals surface area contributed by atoms with Crippen molar-refractivity contribution in [2.24, 2.45) is 0 Å². The van der Waals surface area contributed by atoms with Gasteiger partial charge in [-0.15, -0.1) is 0 Å². The molecule has 0 spiro atoms. The minimum atomic E-state index is 0.0154. The van der Waals surface area contributed by atoms with Crippen LogP contribution in [-0.2, 0) is 0 Å². The molecule has 4 nitrogen and oxygen atoms in total. The van der Waals surface area contributed by atoms with Crippen molar-refractivity contribution in [3.63, 3.8) is 0 Å². The van der Waals surface area contributed by atoms with E-state index in [2.05, 4.69) is 32.0 Å². The Bertz CT molecular complexity index is 951. The second-order valence-corrected chi connectivity index (χ2v) is 6.54. The summed E-state index contributed by atoms with van der Waals surface area (Å²) in [6, 6.07) is 12.0. The van der Waals surface area contributed by atoms with E-state index in [4.69, 9.17) is 4.74 Å². The van der Waals surface area contributed by atoms with Gasteiger partial charge in [0.2, 0.25) is 5.88 Å². The van der Waals surface area contributed by atoms with E-state index in [1.165, 1.54) is 0 Å². The number of ether oxygens (including phenoxy) is 1. The average molecular weight is 382 g/mol. The summed E-state index contributed by atoms with van der Waals surface area (Å²) >= 11 is 3.48. The van der Waals surface area contributed by atoms with Crippen molar-refractivity contribution in [1.29, 1.82) is 5.26 Å². The number of hydrogen-bond donors (Lipinski definition) is 1. The zero-order chi connectivity index (χ0) is 17.1. The molecule has 0 radical (unpaired) electrons. The lowest BCUT2D eigenvalue weighted by molar-refractivity contribution is 0.232. The number of aromatic amines is 1. The van der Waals surface area contributed by atoms with Gasteiger partial charge in [-0.1, -0.05) is 15.9 Å². The molecule has 0 amide bonds. The summed E-state index contributed by atoms with van der Waals surface area (Å²) in [6.45, 7) is 3.90. The molecular weight excluding hydrogens is 366 g/mol. The Hall–Kier alpha value is -2.58. The van der Waals surface area contributed by atoms with E-state index >= 15 is 0 Å². The van der Waals surface area contributed by atoms with Crippen molar-refractivity contribution in [3.05, 3.63) is 58.3 Å². The van der Waals surface area contributed by atoms with Gasteiger partial charge < -0.3 is 9.72 Å². The SMILES string of the molecule is CC(C)Oc1ncccc1C=C(C#N)c1c[nH]c2ccc(Br)cc12. The Kier molecular flexibility index (Phi) is 4.68. The number of pyridine rings is 1. The van der Waals surface area contributed by atoms with Crippen LogP contribution in [0.5, 0.6) is 5.88 Å². The van der Waals surface area contributed by atoms with Crippen molar-refractivity contribution in [2.75, 3.05) is 0 Å². The number of nitrogens with one attached hydrogen (secondary N) is 1. The van der Waals surface area contributed by atoms with Gasteiger partial charge >= 0.3 is 0 Å². The van der Waals surface area contributed by atoms with Gasteiger partial charge in [-0.3, -0.25) is 0 Å². The molecule has 2 aromatic heterocycles. The van der Waals surface area contributed by atoms with Crippen LogP contribution in [0.2, 0.25) is 0 Å². The van der Waals surface area contributed by atoms with E-state index < -0.39 is 0 Å². The Morgan fingerprint density at radius 1 is 1.38 bits per heavy atom. The van der Waals surface area contributed by atoms with E-state index in [-0.39, 0.29) is 6.10 Å². The van der Waals surface area contributed by atoms with Crippen LogP contribution in [0.1, 0.15) is 25.0 Å². The van der Waals surface area contributed by atoms with Crippen LogP contribution in [0.15, 0.2) is 47.2 Å². The van der Waals surface area contributed by atoms with Gasteiger partial charge in [0, 0.05) is 38.9 Å². The first-order valence-corrected chi connectivity index (χ1v) is 8.38. The van der Waals surface area contributed by atoms with E-state index in [1.54, 1.807) is 6.20 Å². The van der Waals surface area contributed by atoms with Gasteiger partial charge in [-0.2, -0.15) is 5.26 Å². The third-order valence-electron chi connectivity index (χ3n) is 3.50. The molecule has 0 fully saturated rings. The highest BCUT2D eigenvalue weighted by Crippen LogP contribution is 2.30. The first-order chi connectivity index (χ1) is 11.6. The Morgan fingerprint density at radius 2 is 2.21 bits per heavy atom. The Balaban J connectivity index is 2.10. The highest BCUT2D eigenvalue weighted by Gasteiger charge is 2.11. The topological polar surface area (TPSA) is 61.7 Å². The van der Waals surface area contributed by atoms with Crippen LogP contribution >= 0.6 is 15.9 Å².